The summed E-state index contributed by atoms with van der Waals surface area (Å²) in [5, 5.41) is 3.06. The van der Waals surface area contributed by atoms with Crippen molar-refractivity contribution in [2.75, 3.05) is 11.9 Å². The van der Waals surface area contributed by atoms with Crippen molar-refractivity contribution < 1.29 is 9.59 Å². The van der Waals surface area contributed by atoms with Crippen LogP contribution in [0.1, 0.15) is 41.5 Å². The first kappa shape index (κ1) is 19.9. The van der Waals surface area contributed by atoms with Crippen LogP contribution in [0, 0.1) is 0 Å². The molecule has 3 aromatic carbocycles. The van der Waals surface area contributed by atoms with Gasteiger partial charge in [0.25, 0.3) is 0 Å². The Morgan fingerprint density at radius 1 is 0.900 bits per heavy atom. The van der Waals surface area contributed by atoms with Gasteiger partial charge in [0.1, 0.15) is 0 Å². The maximum absolute atomic E-state index is 12.9. The number of hydrogen-bond donors (Lipinski definition) is 1. The first-order valence-electron chi connectivity index (χ1n) is 10.4. The van der Waals surface area contributed by atoms with Crippen LogP contribution in [-0.4, -0.2) is 23.3 Å². The maximum Gasteiger partial charge on any atom is 0.225 e. The van der Waals surface area contributed by atoms with E-state index in [0.29, 0.717) is 13.0 Å². The van der Waals surface area contributed by atoms with Crippen molar-refractivity contribution in [3.05, 3.63) is 101 Å². The van der Waals surface area contributed by atoms with Crippen LogP contribution in [0.5, 0.6) is 0 Å². The normalized spacial score (nSPS) is 13.1. The van der Waals surface area contributed by atoms with E-state index in [1.54, 1.807) is 6.92 Å². The molecule has 0 spiro atoms. The van der Waals surface area contributed by atoms with Crippen molar-refractivity contribution in [2.45, 2.75) is 32.2 Å². The van der Waals surface area contributed by atoms with Crippen LogP contribution in [0.25, 0.3) is 0 Å². The minimum absolute atomic E-state index is 0.00164. The van der Waals surface area contributed by atoms with Crippen molar-refractivity contribution >= 4 is 17.5 Å². The van der Waals surface area contributed by atoms with Gasteiger partial charge in [-0.15, -0.1) is 0 Å². The van der Waals surface area contributed by atoms with E-state index in [2.05, 4.69) is 35.6 Å². The van der Waals surface area contributed by atoms with Crippen LogP contribution < -0.4 is 5.32 Å². The quantitative estimate of drug-likeness (QED) is 0.674. The summed E-state index contributed by atoms with van der Waals surface area (Å²) in [6, 6.07) is 26.3. The molecule has 0 aromatic heterocycles. The fourth-order valence-electron chi connectivity index (χ4n) is 4.10. The largest absolute Gasteiger partial charge is 0.338 e. The molecule has 0 unspecified atom stereocenters. The van der Waals surface area contributed by atoms with Gasteiger partial charge in [-0.3, -0.25) is 9.59 Å². The molecule has 1 aliphatic rings. The van der Waals surface area contributed by atoms with Gasteiger partial charge in [0, 0.05) is 38.0 Å². The van der Waals surface area contributed by atoms with Crippen molar-refractivity contribution in [3.63, 3.8) is 0 Å². The molecule has 30 heavy (non-hydrogen) atoms. The molecule has 4 rings (SSSR count). The number of hydrogen-bond acceptors (Lipinski definition) is 2. The van der Waals surface area contributed by atoms with Gasteiger partial charge < -0.3 is 10.2 Å². The Balaban J connectivity index is 1.51. The first-order chi connectivity index (χ1) is 14.6. The summed E-state index contributed by atoms with van der Waals surface area (Å²) in [6.45, 7) is 2.96. The molecule has 0 atom stereocenters. The number of amides is 2. The lowest BCUT2D eigenvalue weighted by atomic mass is 9.88. The second-order valence-corrected chi connectivity index (χ2v) is 7.80. The highest BCUT2D eigenvalue weighted by molar-refractivity contribution is 5.91. The summed E-state index contributed by atoms with van der Waals surface area (Å²) in [7, 11) is 0. The van der Waals surface area contributed by atoms with E-state index in [1.165, 1.54) is 5.56 Å². The zero-order valence-electron chi connectivity index (χ0n) is 17.2. The maximum atomic E-state index is 12.9. The minimum atomic E-state index is -0.0214. The highest BCUT2D eigenvalue weighted by Gasteiger charge is 2.20. The molecule has 3 aromatic rings. The number of rotatable bonds is 5. The fraction of sp³-hybridized carbons (Fsp3) is 0.231. The Morgan fingerprint density at radius 3 is 2.13 bits per heavy atom. The highest BCUT2D eigenvalue weighted by atomic mass is 16.2. The second-order valence-electron chi connectivity index (χ2n) is 7.80. The number of carbonyl (C=O) groups is 2. The lowest BCUT2D eigenvalue weighted by Gasteiger charge is -2.28. The Hall–Kier alpha value is -3.40. The summed E-state index contributed by atoms with van der Waals surface area (Å²) < 4.78 is 0. The molecule has 0 saturated carbocycles. The average molecular weight is 399 g/mol. The van der Waals surface area contributed by atoms with Crippen LogP contribution in [-0.2, 0) is 22.6 Å². The molecule has 1 N–H and O–H groups in total. The lowest BCUT2D eigenvalue weighted by molar-refractivity contribution is -0.129. The first-order valence-corrected chi connectivity index (χ1v) is 10.4. The van der Waals surface area contributed by atoms with Gasteiger partial charge in [0.15, 0.2) is 0 Å². The van der Waals surface area contributed by atoms with E-state index in [0.717, 1.165) is 35.3 Å². The fourth-order valence-corrected chi connectivity index (χ4v) is 4.10. The van der Waals surface area contributed by atoms with Gasteiger partial charge in [-0.05, 0) is 40.8 Å². The van der Waals surface area contributed by atoms with Gasteiger partial charge in [-0.25, -0.2) is 0 Å². The van der Waals surface area contributed by atoms with E-state index in [-0.39, 0.29) is 17.7 Å². The van der Waals surface area contributed by atoms with Crippen LogP contribution in [0.4, 0.5) is 5.69 Å². The Morgan fingerprint density at radius 2 is 1.53 bits per heavy atom. The summed E-state index contributed by atoms with van der Waals surface area (Å²) in [5.74, 6) is 0.0637. The van der Waals surface area contributed by atoms with Gasteiger partial charge in [0.2, 0.25) is 11.8 Å². The number of fused-ring (bicyclic) bond motifs is 1. The summed E-state index contributed by atoms with van der Waals surface area (Å²) in [6.07, 6.45) is 1.22. The molecule has 0 bridgehead atoms. The van der Waals surface area contributed by atoms with Crippen LogP contribution in [0.2, 0.25) is 0 Å². The van der Waals surface area contributed by atoms with Crippen molar-refractivity contribution in [3.8, 4) is 0 Å². The summed E-state index contributed by atoms with van der Waals surface area (Å²) in [5.41, 5.74) is 5.39. The number of nitrogens with zero attached hydrogens (tertiary/aromatic N) is 1. The third-order valence-corrected chi connectivity index (χ3v) is 5.74. The lowest BCUT2D eigenvalue weighted by Crippen LogP contribution is -2.34. The zero-order chi connectivity index (χ0) is 20.9. The van der Waals surface area contributed by atoms with Crippen molar-refractivity contribution in [1.29, 1.82) is 0 Å². The van der Waals surface area contributed by atoms with E-state index in [1.807, 2.05) is 53.4 Å². The van der Waals surface area contributed by atoms with Gasteiger partial charge in [0.05, 0.1) is 0 Å². The molecule has 1 aliphatic heterocycles. The molecule has 0 fully saturated rings. The molecule has 4 heteroatoms. The minimum Gasteiger partial charge on any atom is -0.338 e. The van der Waals surface area contributed by atoms with E-state index in [9.17, 15) is 9.59 Å². The van der Waals surface area contributed by atoms with Gasteiger partial charge in [-0.2, -0.15) is 0 Å². The molecular formula is C26H26N2O2. The molecule has 0 saturated heterocycles. The number of benzene rings is 3. The molecule has 0 aliphatic carbocycles. The third kappa shape index (κ3) is 4.60. The van der Waals surface area contributed by atoms with Crippen molar-refractivity contribution in [1.82, 2.24) is 4.90 Å². The molecule has 152 valence electrons. The molecule has 2 amide bonds. The summed E-state index contributed by atoms with van der Waals surface area (Å²) >= 11 is 0. The van der Waals surface area contributed by atoms with Gasteiger partial charge >= 0.3 is 0 Å². The predicted molar refractivity (Wildman–Crippen MR) is 119 cm³/mol. The van der Waals surface area contributed by atoms with Crippen molar-refractivity contribution in [2.24, 2.45) is 0 Å². The zero-order valence-corrected chi connectivity index (χ0v) is 17.2. The predicted octanol–water partition coefficient (Wildman–Crippen LogP) is 4.75. The monoisotopic (exact) mass is 398 g/mol. The average Bonchev–Trinajstić information content (AvgIpc) is 2.78. The number of carbonyl (C=O) groups excluding carboxylic acids is 2. The van der Waals surface area contributed by atoms with Crippen LogP contribution >= 0.6 is 0 Å². The Bertz CT molecular complexity index is 992. The molecule has 4 nitrogen and oxygen atoms in total. The van der Waals surface area contributed by atoms with E-state index >= 15 is 0 Å². The topological polar surface area (TPSA) is 49.4 Å². The molecule has 1 heterocycles. The number of nitrogens with one attached hydrogen (secondary N) is 1. The Labute approximate surface area is 177 Å². The van der Waals surface area contributed by atoms with Gasteiger partial charge in [-0.1, -0.05) is 66.7 Å². The van der Waals surface area contributed by atoms with Crippen LogP contribution in [0.3, 0.4) is 0 Å². The second kappa shape index (κ2) is 8.95. The smallest absolute Gasteiger partial charge is 0.225 e. The summed E-state index contributed by atoms with van der Waals surface area (Å²) in [4.78, 5) is 26.5. The number of anilines is 1. The SMILES string of the molecule is CC(=O)N1CCc2ccc(NC(=O)CC(c3ccccc3)c3ccccc3)cc2C1. The van der Waals surface area contributed by atoms with E-state index in [4.69, 9.17) is 0 Å². The Kier molecular flexibility index (Phi) is 5.94. The third-order valence-electron chi connectivity index (χ3n) is 5.74. The standard InChI is InChI=1S/C26H26N2O2/c1-19(29)28-15-14-20-12-13-24(16-23(20)18-28)27-26(30)17-25(21-8-4-2-5-9-21)22-10-6-3-7-11-22/h2-13,16,25H,14-15,17-18H2,1H3,(H,27,30). The highest BCUT2D eigenvalue weighted by Crippen LogP contribution is 2.29. The molecule has 0 radical (unpaired) electrons. The van der Waals surface area contributed by atoms with Crippen LogP contribution in [0.15, 0.2) is 78.9 Å². The molecular weight excluding hydrogens is 372 g/mol. The van der Waals surface area contributed by atoms with E-state index < -0.39 is 0 Å².